The molecule has 1 N–H and O–H groups in total. The van der Waals surface area contributed by atoms with Crippen molar-refractivity contribution >= 4 is 29.4 Å². The Bertz CT molecular complexity index is 400. The SMILES string of the molecule is CCO[C@H]1[C@@H]2CC3(C[C@H](CCO)[C@@H]2C(=O)N1C)SCCS3. The number of thioether (sulfide) groups is 2. The Kier molecular flexibility index (Phi) is 4.79. The quantitative estimate of drug-likeness (QED) is 0.854. The average molecular weight is 332 g/mol. The summed E-state index contributed by atoms with van der Waals surface area (Å²) in [4.78, 5) is 14.5. The number of aliphatic hydroxyl groups excluding tert-OH is 1. The first-order valence-electron chi connectivity index (χ1n) is 7.89. The largest absolute Gasteiger partial charge is 0.396 e. The van der Waals surface area contributed by atoms with E-state index in [1.54, 1.807) is 0 Å². The first kappa shape index (κ1) is 16.0. The summed E-state index contributed by atoms with van der Waals surface area (Å²) in [5.41, 5.74) is 0. The zero-order chi connectivity index (χ0) is 15.0. The van der Waals surface area contributed by atoms with E-state index in [0.717, 1.165) is 19.3 Å². The van der Waals surface area contributed by atoms with E-state index in [1.165, 1.54) is 11.5 Å². The van der Waals surface area contributed by atoms with Crippen LogP contribution in [0.2, 0.25) is 0 Å². The molecule has 1 spiro atoms. The first-order chi connectivity index (χ1) is 10.1. The zero-order valence-corrected chi connectivity index (χ0v) is 14.4. The topological polar surface area (TPSA) is 49.8 Å². The lowest BCUT2D eigenvalue weighted by Gasteiger charge is -2.43. The minimum absolute atomic E-state index is 0.0473. The number of hydrogen-bond acceptors (Lipinski definition) is 5. The third-order valence-corrected chi connectivity index (χ3v) is 8.62. The molecule has 2 aliphatic heterocycles. The molecule has 0 aromatic rings. The molecule has 0 radical (unpaired) electrons. The fourth-order valence-electron chi connectivity index (χ4n) is 4.34. The molecular weight excluding hydrogens is 306 g/mol. The number of hydrogen-bond donors (Lipinski definition) is 1. The third-order valence-electron chi connectivity index (χ3n) is 5.12. The Morgan fingerprint density at radius 2 is 2.10 bits per heavy atom. The van der Waals surface area contributed by atoms with E-state index in [2.05, 4.69) is 23.5 Å². The predicted molar refractivity (Wildman–Crippen MR) is 87.2 cm³/mol. The second kappa shape index (κ2) is 6.30. The number of carbonyl (C=O) groups excluding carboxylic acids is 1. The van der Waals surface area contributed by atoms with Crippen molar-refractivity contribution in [2.24, 2.45) is 17.8 Å². The van der Waals surface area contributed by atoms with Crippen LogP contribution in [0.1, 0.15) is 26.2 Å². The number of amides is 1. The normalized spacial score (nSPS) is 38.2. The van der Waals surface area contributed by atoms with Gasteiger partial charge in [-0.05, 0) is 32.1 Å². The lowest BCUT2D eigenvalue weighted by atomic mass is 9.71. The molecular formula is C15H25NO3S2. The molecule has 4 atom stereocenters. The Hall–Kier alpha value is 0.0900. The molecule has 1 amide bonds. The standard InChI is InChI=1S/C15H25NO3S2/c1-3-19-14-11-9-15(20-6-7-21-15)8-10(4-5-17)12(11)13(18)16(14)2/h10-12,14,17H,3-9H2,1-2H3/t10-,11+,12-,14-/m0/s1. The summed E-state index contributed by atoms with van der Waals surface area (Å²) in [6.45, 7) is 2.81. The van der Waals surface area contributed by atoms with Gasteiger partial charge < -0.3 is 14.7 Å². The summed E-state index contributed by atoms with van der Waals surface area (Å²) in [7, 11) is 1.87. The van der Waals surface area contributed by atoms with Gasteiger partial charge >= 0.3 is 0 Å². The van der Waals surface area contributed by atoms with Crippen molar-refractivity contribution in [3.05, 3.63) is 0 Å². The van der Waals surface area contributed by atoms with Gasteiger partial charge in [0.25, 0.3) is 0 Å². The maximum atomic E-state index is 12.7. The zero-order valence-electron chi connectivity index (χ0n) is 12.8. The number of fused-ring (bicyclic) bond motifs is 1. The number of likely N-dealkylation sites (tertiary alicyclic amines) is 1. The molecule has 0 bridgehead atoms. The van der Waals surface area contributed by atoms with Crippen LogP contribution in [0.25, 0.3) is 0 Å². The Morgan fingerprint density at radius 3 is 2.71 bits per heavy atom. The van der Waals surface area contributed by atoms with E-state index in [4.69, 9.17) is 4.74 Å². The van der Waals surface area contributed by atoms with Crippen molar-refractivity contribution in [3.8, 4) is 0 Å². The van der Waals surface area contributed by atoms with Crippen LogP contribution in [0.3, 0.4) is 0 Å². The Morgan fingerprint density at radius 1 is 1.38 bits per heavy atom. The molecule has 2 saturated heterocycles. The molecule has 0 aromatic carbocycles. The van der Waals surface area contributed by atoms with Gasteiger partial charge in [-0.3, -0.25) is 4.79 Å². The summed E-state index contributed by atoms with van der Waals surface area (Å²) in [6.07, 6.45) is 2.79. The average Bonchev–Trinajstić information content (AvgIpc) is 2.99. The molecule has 3 fully saturated rings. The highest BCUT2D eigenvalue weighted by atomic mass is 32.2. The van der Waals surface area contributed by atoms with Gasteiger partial charge in [-0.25, -0.2) is 0 Å². The molecule has 0 aromatic heterocycles. The van der Waals surface area contributed by atoms with Crippen LogP contribution in [-0.4, -0.2) is 58.0 Å². The number of rotatable bonds is 4. The van der Waals surface area contributed by atoms with E-state index >= 15 is 0 Å². The lowest BCUT2D eigenvalue weighted by Crippen LogP contribution is -2.42. The third kappa shape index (κ3) is 2.73. The summed E-state index contributed by atoms with van der Waals surface area (Å²) < 4.78 is 6.16. The molecule has 1 saturated carbocycles. The van der Waals surface area contributed by atoms with Gasteiger partial charge in [0.1, 0.15) is 6.23 Å². The maximum absolute atomic E-state index is 12.7. The van der Waals surface area contributed by atoms with E-state index < -0.39 is 0 Å². The second-order valence-corrected chi connectivity index (χ2v) is 9.49. The smallest absolute Gasteiger partial charge is 0.228 e. The van der Waals surface area contributed by atoms with Crippen LogP contribution in [0, 0.1) is 17.8 Å². The van der Waals surface area contributed by atoms with Crippen LogP contribution in [0.15, 0.2) is 0 Å². The highest BCUT2D eigenvalue weighted by Gasteiger charge is 2.58. The first-order valence-corrected chi connectivity index (χ1v) is 9.86. The molecule has 0 unspecified atom stereocenters. The Balaban J connectivity index is 1.88. The number of aliphatic hydroxyl groups is 1. The summed E-state index contributed by atoms with van der Waals surface area (Å²) in [5.74, 6) is 3.26. The fraction of sp³-hybridized carbons (Fsp3) is 0.933. The van der Waals surface area contributed by atoms with Crippen molar-refractivity contribution in [3.63, 3.8) is 0 Å². The molecule has 3 rings (SSSR count). The van der Waals surface area contributed by atoms with Crippen molar-refractivity contribution in [2.45, 2.75) is 36.5 Å². The van der Waals surface area contributed by atoms with Crippen LogP contribution in [-0.2, 0) is 9.53 Å². The van der Waals surface area contributed by atoms with E-state index in [0.29, 0.717) is 12.5 Å². The van der Waals surface area contributed by atoms with Gasteiger partial charge in [-0.1, -0.05) is 0 Å². The van der Waals surface area contributed by atoms with Crippen LogP contribution >= 0.6 is 23.5 Å². The molecule has 3 aliphatic rings. The predicted octanol–water partition coefficient (Wildman–Crippen LogP) is 2.02. The molecule has 120 valence electrons. The van der Waals surface area contributed by atoms with Crippen molar-refractivity contribution in [1.29, 1.82) is 0 Å². The van der Waals surface area contributed by atoms with E-state index in [1.807, 2.05) is 18.9 Å². The fourth-order valence-corrected chi connectivity index (χ4v) is 7.87. The lowest BCUT2D eigenvalue weighted by molar-refractivity contribution is -0.136. The Labute approximate surface area is 135 Å². The van der Waals surface area contributed by atoms with Crippen LogP contribution < -0.4 is 0 Å². The van der Waals surface area contributed by atoms with Crippen LogP contribution in [0.5, 0.6) is 0 Å². The van der Waals surface area contributed by atoms with Gasteiger partial charge in [-0.2, -0.15) is 0 Å². The minimum atomic E-state index is -0.0762. The number of ether oxygens (including phenoxy) is 1. The van der Waals surface area contributed by atoms with Crippen molar-refractivity contribution in [2.75, 3.05) is 31.8 Å². The van der Waals surface area contributed by atoms with E-state index in [9.17, 15) is 9.90 Å². The minimum Gasteiger partial charge on any atom is -0.396 e. The van der Waals surface area contributed by atoms with Gasteiger partial charge in [-0.15, -0.1) is 23.5 Å². The summed E-state index contributed by atoms with van der Waals surface area (Å²) in [5, 5.41) is 9.42. The summed E-state index contributed by atoms with van der Waals surface area (Å²) in [6, 6.07) is 0. The molecule has 1 aliphatic carbocycles. The molecule has 4 nitrogen and oxygen atoms in total. The van der Waals surface area contributed by atoms with Gasteiger partial charge in [0.2, 0.25) is 5.91 Å². The highest BCUT2D eigenvalue weighted by Crippen LogP contribution is 2.60. The van der Waals surface area contributed by atoms with Gasteiger partial charge in [0, 0.05) is 43.6 Å². The molecule has 6 heteroatoms. The van der Waals surface area contributed by atoms with Crippen molar-refractivity contribution < 1.29 is 14.6 Å². The van der Waals surface area contributed by atoms with Gasteiger partial charge in [0.05, 0.1) is 4.08 Å². The number of carbonyl (C=O) groups is 1. The monoisotopic (exact) mass is 331 g/mol. The maximum Gasteiger partial charge on any atom is 0.228 e. The highest BCUT2D eigenvalue weighted by molar-refractivity contribution is 8.21. The molecule has 2 heterocycles. The molecule has 21 heavy (non-hydrogen) atoms. The van der Waals surface area contributed by atoms with Gasteiger partial charge in [0.15, 0.2) is 0 Å². The van der Waals surface area contributed by atoms with E-state index in [-0.39, 0.29) is 34.7 Å². The summed E-state index contributed by atoms with van der Waals surface area (Å²) >= 11 is 4.13. The second-order valence-electron chi connectivity index (χ2n) is 6.27. The number of nitrogens with zero attached hydrogens (tertiary/aromatic N) is 1. The van der Waals surface area contributed by atoms with Crippen molar-refractivity contribution in [1.82, 2.24) is 4.90 Å². The van der Waals surface area contributed by atoms with Crippen LogP contribution in [0.4, 0.5) is 0 Å².